The van der Waals surface area contributed by atoms with Gasteiger partial charge in [-0.15, -0.1) is 0 Å². The fraction of sp³-hybridized carbons (Fsp3) is 0.545. The van der Waals surface area contributed by atoms with Gasteiger partial charge in [-0.2, -0.15) is 5.10 Å². The molecule has 0 amide bonds. The van der Waals surface area contributed by atoms with Gasteiger partial charge in [0.25, 0.3) is 0 Å². The SMILES string of the molecule is Nc1ncnn2c([C@@H]3O[C@H](COP(=O)(O)CP(=O)(O)O)[C@@H](O)[C@H]3O)cnc12. The summed E-state index contributed by atoms with van der Waals surface area (Å²) in [6, 6.07) is 0. The summed E-state index contributed by atoms with van der Waals surface area (Å²) < 4.78 is 33.9. The lowest BCUT2D eigenvalue weighted by molar-refractivity contribution is -0.0204. The molecule has 1 saturated heterocycles. The predicted molar refractivity (Wildman–Crippen MR) is 87.5 cm³/mol. The quantitative estimate of drug-likeness (QED) is 0.282. The smallest absolute Gasteiger partial charge is 0.340 e. The third-order valence-electron chi connectivity index (χ3n) is 3.81. The van der Waals surface area contributed by atoms with Gasteiger partial charge in [0, 0.05) is 0 Å². The van der Waals surface area contributed by atoms with Crippen LogP contribution in [0.2, 0.25) is 0 Å². The molecule has 27 heavy (non-hydrogen) atoms. The number of aliphatic hydroxyl groups excluding tert-OH is 2. The number of hydrogen-bond acceptors (Lipinski definition) is 10. The van der Waals surface area contributed by atoms with Crippen molar-refractivity contribution in [3.63, 3.8) is 0 Å². The second-order valence-electron chi connectivity index (χ2n) is 5.88. The first kappa shape index (κ1) is 20.3. The highest BCUT2D eigenvalue weighted by molar-refractivity contribution is 7.70. The lowest BCUT2D eigenvalue weighted by atomic mass is 10.1. The summed E-state index contributed by atoms with van der Waals surface area (Å²) in [5, 5.41) is 24.3. The molecule has 1 unspecified atom stereocenters. The number of fused-ring (bicyclic) bond motifs is 1. The van der Waals surface area contributed by atoms with Crippen LogP contribution in [0.25, 0.3) is 5.65 Å². The highest BCUT2D eigenvalue weighted by Gasteiger charge is 2.46. The van der Waals surface area contributed by atoms with Gasteiger partial charge >= 0.3 is 15.2 Å². The van der Waals surface area contributed by atoms with Crippen molar-refractivity contribution < 1.29 is 43.3 Å². The monoisotopic (exact) mass is 425 g/mol. The molecule has 2 aromatic heterocycles. The molecule has 0 spiro atoms. The van der Waals surface area contributed by atoms with E-state index in [1.54, 1.807) is 0 Å². The van der Waals surface area contributed by atoms with Crippen molar-refractivity contribution in [3.05, 3.63) is 18.2 Å². The Kier molecular flexibility index (Phi) is 5.38. The van der Waals surface area contributed by atoms with Crippen LogP contribution in [0, 0.1) is 0 Å². The van der Waals surface area contributed by atoms with E-state index < -0.39 is 52.1 Å². The van der Waals surface area contributed by atoms with Gasteiger partial charge in [0.1, 0.15) is 30.7 Å². The number of imidazole rings is 1. The number of hydrogen-bond donors (Lipinski definition) is 6. The largest absolute Gasteiger partial charge is 0.387 e. The molecule has 0 saturated carbocycles. The van der Waals surface area contributed by atoms with E-state index in [0.717, 1.165) is 6.33 Å². The Bertz CT molecular complexity index is 932. The van der Waals surface area contributed by atoms with Crippen LogP contribution < -0.4 is 5.73 Å². The minimum Gasteiger partial charge on any atom is -0.387 e. The molecule has 7 N–H and O–H groups in total. The van der Waals surface area contributed by atoms with Crippen LogP contribution in [-0.2, 0) is 18.4 Å². The van der Waals surface area contributed by atoms with Gasteiger partial charge in [-0.05, 0) is 0 Å². The first-order valence-electron chi connectivity index (χ1n) is 7.45. The molecule has 2 aromatic rings. The van der Waals surface area contributed by atoms with Gasteiger partial charge in [0.15, 0.2) is 17.4 Å². The van der Waals surface area contributed by atoms with Gasteiger partial charge in [-0.1, -0.05) is 0 Å². The molecule has 0 bridgehead atoms. The number of ether oxygens (including phenoxy) is 1. The van der Waals surface area contributed by atoms with Gasteiger partial charge in [0.2, 0.25) is 0 Å². The summed E-state index contributed by atoms with van der Waals surface area (Å²) in [6.45, 7) is -0.684. The molecular formula is C11H17N5O9P2. The van der Waals surface area contributed by atoms with E-state index in [2.05, 4.69) is 19.6 Å². The Morgan fingerprint density at radius 1 is 1.22 bits per heavy atom. The van der Waals surface area contributed by atoms with E-state index in [4.69, 9.17) is 20.3 Å². The average Bonchev–Trinajstić information content (AvgIpc) is 3.07. The van der Waals surface area contributed by atoms with Crippen molar-refractivity contribution in [3.8, 4) is 0 Å². The fourth-order valence-electron chi connectivity index (χ4n) is 2.64. The molecule has 1 aliphatic rings. The number of aromatic nitrogens is 4. The maximum absolute atomic E-state index is 11.7. The molecule has 16 heteroatoms. The third-order valence-corrected chi connectivity index (χ3v) is 7.27. The van der Waals surface area contributed by atoms with Crippen molar-refractivity contribution in [1.29, 1.82) is 0 Å². The van der Waals surface area contributed by atoms with Crippen LogP contribution in [0.5, 0.6) is 0 Å². The Hall–Kier alpha value is -1.47. The minimum atomic E-state index is -4.79. The van der Waals surface area contributed by atoms with Crippen LogP contribution in [0.3, 0.4) is 0 Å². The molecule has 1 fully saturated rings. The van der Waals surface area contributed by atoms with Gasteiger partial charge < -0.3 is 39.9 Å². The van der Waals surface area contributed by atoms with E-state index >= 15 is 0 Å². The van der Waals surface area contributed by atoms with Gasteiger partial charge in [-0.3, -0.25) is 9.13 Å². The second-order valence-corrected chi connectivity index (χ2v) is 9.87. The summed E-state index contributed by atoms with van der Waals surface area (Å²) >= 11 is 0. The predicted octanol–water partition coefficient (Wildman–Crippen LogP) is -1.79. The van der Waals surface area contributed by atoms with Crippen LogP contribution >= 0.6 is 15.2 Å². The summed E-state index contributed by atoms with van der Waals surface area (Å²) in [6.07, 6.45) is -2.83. The topological polar surface area (TPSA) is 223 Å². The standard InChI is InChI=1S/C11H17N5O9P2/c12-10-11-13-1-5(16(11)15-3-14-10)9-8(18)7(17)6(25-9)2-24-27(22,23)4-26(19,20)21/h1,3,6-9,17-18H,2,4H2,(H,22,23)(H2,12,14,15)(H2,19,20,21)/t6-,7-,8-,9+/m1/s1. The van der Waals surface area contributed by atoms with Crippen LogP contribution in [0.15, 0.2) is 12.5 Å². The number of aliphatic hydroxyl groups is 2. The Labute approximate surface area is 151 Å². The summed E-state index contributed by atoms with van der Waals surface area (Å²) in [5.74, 6) is -1.29. The lowest BCUT2D eigenvalue weighted by Crippen LogP contribution is -2.33. The van der Waals surface area contributed by atoms with Crippen molar-refractivity contribution in [2.75, 3.05) is 18.2 Å². The number of nitrogens with zero attached hydrogens (tertiary/aromatic N) is 4. The number of nitrogens with two attached hydrogens (primary N) is 1. The van der Waals surface area contributed by atoms with Gasteiger partial charge in [0.05, 0.1) is 18.5 Å². The summed E-state index contributed by atoms with van der Waals surface area (Å²) in [5.41, 5.74) is 6.13. The zero-order valence-corrected chi connectivity index (χ0v) is 15.3. The Morgan fingerprint density at radius 3 is 2.59 bits per heavy atom. The molecule has 0 aromatic carbocycles. The van der Waals surface area contributed by atoms with Crippen molar-refractivity contribution >= 4 is 26.7 Å². The lowest BCUT2D eigenvalue weighted by Gasteiger charge is -2.18. The van der Waals surface area contributed by atoms with E-state index in [0.29, 0.717) is 0 Å². The summed E-state index contributed by atoms with van der Waals surface area (Å²) in [7, 11) is -9.42. The van der Waals surface area contributed by atoms with Gasteiger partial charge in [-0.25, -0.2) is 14.5 Å². The van der Waals surface area contributed by atoms with Crippen LogP contribution in [-0.4, -0.2) is 75.3 Å². The summed E-state index contributed by atoms with van der Waals surface area (Å²) in [4.78, 5) is 34.8. The molecule has 14 nitrogen and oxygen atoms in total. The number of rotatable bonds is 6. The molecule has 1 aliphatic heterocycles. The third kappa shape index (κ3) is 4.35. The highest BCUT2D eigenvalue weighted by Crippen LogP contribution is 2.55. The molecule has 3 rings (SSSR count). The van der Waals surface area contributed by atoms with E-state index in [1.165, 1.54) is 10.7 Å². The van der Waals surface area contributed by atoms with Crippen LogP contribution in [0.1, 0.15) is 11.8 Å². The highest BCUT2D eigenvalue weighted by atomic mass is 31.2. The normalized spacial score (nSPS) is 28.5. The molecule has 5 atom stereocenters. The molecular weight excluding hydrogens is 408 g/mol. The van der Waals surface area contributed by atoms with E-state index in [-0.39, 0.29) is 17.2 Å². The first-order chi connectivity index (χ1) is 12.5. The zero-order chi connectivity index (χ0) is 20.0. The molecule has 150 valence electrons. The molecule has 3 heterocycles. The Balaban J connectivity index is 1.75. The number of anilines is 1. The average molecular weight is 425 g/mol. The van der Waals surface area contributed by atoms with E-state index in [9.17, 15) is 24.2 Å². The minimum absolute atomic E-state index is 0.0859. The maximum Gasteiger partial charge on any atom is 0.340 e. The molecule has 0 radical (unpaired) electrons. The van der Waals surface area contributed by atoms with Crippen molar-refractivity contribution in [1.82, 2.24) is 19.6 Å². The van der Waals surface area contributed by atoms with Crippen molar-refractivity contribution in [2.45, 2.75) is 24.4 Å². The second kappa shape index (κ2) is 7.17. The van der Waals surface area contributed by atoms with E-state index in [1.807, 2.05) is 0 Å². The number of nitrogen functional groups attached to an aromatic ring is 1. The van der Waals surface area contributed by atoms with Crippen molar-refractivity contribution in [2.24, 2.45) is 0 Å². The van der Waals surface area contributed by atoms with Crippen LogP contribution in [0.4, 0.5) is 5.82 Å². The first-order valence-corrected chi connectivity index (χ1v) is 11.0. The maximum atomic E-state index is 11.7. The molecule has 0 aliphatic carbocycles. The fourth-order valence-corrected chi connectivity index (χ4v) is 5.21. The Morgan fingerprint density at radius 2 is 1.93 bits per heavy atom. The zero-order valence-electron chi connectivity index (χ0n) is 13.5.